The molecule has 0 aromatic carbocycles. The number of aryl methyl sites for hydroxylation is 2. The van der Waals surface area contributed by atoms with Crippen molar-refractivity contribution in [2.45, 2.75) is 19.9 Å². The quantitative estimate of drug-likeness (QED) is 0.742. The summed E-state index contributed by atoms with van der Waals surface area (Å²) in [4.78, 5) is 20.8. The van der Waals surface area contributed by atoms with Gasteiger partial charge in [0.05, 0.1) is 24.8 Å². The van der Waals surface area contributed by atoms with Crippen LogP contribution in [-0.2, 0) is 7.05 Å². The Morgan fingerprint density at radius 1 is 1.12 bits per heavy atom. The van der Waals surface area contributed by atoms with E-state index in [-0.39, 0.29) is 6.04 Å². The summed E-state index contributed by atoms with van der Waals surface area (Å²) in [6, 6.07) is -0.268. The molecule has 0 bridgehead atoms. The Bertz CT molecular complexity index is 830. The van der Waals surface area contributed by atoms with Crippen molar-refractivity contribution in [1.82, 2.24) is 29.5 Å². The van der Waals surface area contributed by atoms with Crippen LogP contribution in [0.5, 0.6) is 0 Å². The van der Waals surface area contributed by atoms with Crippen LogP contribution in [0.15, 0.2) is 31.1 Å². The van der Waals surface area contributed by atoms with E-state index in [1.165, 1.54) is 0 Å². The number of nitrogens with one attached hydrogen (secondary N) is 2. The Labute approximate surface area is 138 Å². The molecule has 0 amide bonds. The van der Waals surface area contributed by atoms with E-state index in [1.807, 2.05) is 31.7 Å². The molecule has 9 heteroatoms. The first kappa shape index (κ1) is 15.8. The van der Waals surface area contributed by atoms with Gasteiger partial charge >= 0.3 is 0 Å². The van der Waals surface area contributed by atoms with Gasteiger partial charge in [-0.3, -0.25) is 0 Å². The summed E-state index contributed by atoms with van der Waals surface area (Å²) < 4.78 is 14.7. The minimum atomic E-state index is -0.473. The van der Waals surface area contributed by atoms with Gasteiger partial charge < -0.3 is 15.2 Å². The number of nitrogens with zero attached hydrogens (tertiary/aromatic N) is 6. The van der Waals surface area contributed by atoms with Crippen molar-refractivity contribution < 1.29 is 4.39 Å². The molecule has 0 saturated heterocycles. The zero-order valence-corrected chi connectivity index (χ0v) is 13.5. The molecule has 0 radical (unpaired) electrons. The summed E-state index contributed by atoms with van der Waals surface area (Å²) in [5.41, 5.74) is 0.886. The maximum absolute atomic E-state index is 12.9. The lowest BCUT2D eigenvalue weighted by atomic mass is 10.3. The summed E-state index contributed by atoms with van der Waals surface area (Å²) in [7, 11) is 1.89. The highest BCUT2D eigenvalue weighted by Crippen LogP contribution is 2.19. The van der Waals surface area contributed by atoms with E-state index < -0.39 is 5.82 Å². The van der Waals surface area contributed by atoms with Crippen molar-refractivity contribution in [3.05, 3.63) is 48.3 Å². The predicted molar refractivity (Wildman–Crippen MR) is 87.3 cm³/mol. The molecule has 0 aliphatic carbocycles. The lowest BCUT2D eigenvalue weighted by molar-refractivity contribution is 0.604. The van der Waals surface area contributed by atoms with E-state index in [2.05, 4.69) is 35.6 Å². The maximum atomic E-state index is 12.9. The number of anilines is 3. The highest BCUT2D eigenvalue weighted by molar-refractivity contribution is 5.56. The lowest BCUT2D eigenvalue weighted by Gasteiger charge is -2.14. The van der Waals surface area contributed by atoms with Crippen molar-refractivity contribution >= 4 is 17.6 Å². The number of hydrogen-bond donors (Lipinski definition) is 2. The zero-order chi connectivity index (χ0) is 17.1. The van der Waals surface area contributed by atoms with Crippen LogP contribution in [-0.4, -0.2) is 29.5 Å². The van der Waals surface area contributed by atoms with Crippen molar-refractivity contribution in [3.63, 3.8) is 0 Å². The van der Waals surface area contributed by atoms with Crippen LogP contribution in [0.4, 0.5) is 22.0 Å². The highest BCUT2D eigenvalue weighted by atomic mass is 19.1. The van der Waals surface area contributed by atoms with Crippen LogP contribution in [0.1, 0.15) is 24.4 Å². The van der Waals surface area contributed by atoms with E-state index in [1.54, 1.807) is 12.5 Å². The van der Waals surface area contributed by atoms with Crippen molar-refractivity contribution in [3.8, 4) is 0 Å². The van der Waals surface area contributed by atoms with E-state index in [9.17, 15) is 4.39 Å². The molecule has 0 unspecified atom stereocenters. The number of rotatable bonds is 5. The average molecular weight is 328 g/mol. The zero-order valence-electron chi connectivity index (χ0n) is 13.5. The summed E-state index contributed by atoms with van der Waals surface area (Å²) in [5.74, 6) is 1.75. The van der Waals surface area contributed by atoms with Gasteiger partial charge in [-0.2, -0.15) is 4.98 Å². The third kappa shape index (κ3) is 3.62. The van der Waals surface area contributed by atoms with Crippen molar-refractivity contribution in [2.75, 3.05) is 10.6 Å². The molecular formula is C15H17FN8. The van der Waals surface area contributed by atoms with Gasteiger partial charge in [-0.05, 0) is 13.8 Å². The van der Waals surface area contributed by atoms with Crippen molar-refractivity contribution in [1.29, 1.82) is 0 Å². The third-order valence-electron chi connectivity index (χ3n) is 3.30. The molecule has 0 fully saturated rings. The third-order valence-corrected chi connectivity index (χ3v) is 3.30. The summed E-state index contributed by atoms with van der Waals surface area (Å²) in [6.07, 6.45) is 7.52. The second kappa shape index (κ2) is 6.57. The summed E-state index contributed by atoms with van der Waals surface area (Å²) in [6.45, 7) is 3.75. The molecule has 124 valence electrons. The minimum absolute atomic E-state index is 0.268. The predicted octanol–water partition coefficient (Wildman–Crippen LogP) is 2.36. The molecule has 3 rings (SSSR count). The van der Waals surface area contributed by atoms with Crippen LogP contribution >= 0.6 is 0 Å². The van der Waals surface area contributed by atoms with E-state index in [0.717, 1.165) is 18.0 Å². The Morgan fingerprint density at radius 3 is 2.54 bits per heavy atom. The smallest absolute Gasteiger partial charge is 0.225 e. The molecule has 2 N–H and O–H groups in total. The summed E-state index contributed by atoms with van der Waals surface area (Å²) >= 11 is 0. The second-order valence-corrected chi connectivity index (χ2v) is 5.40. The van der Waals surface area contributed by atoms with E-state index in [4.69, 9.17) is 0 Å². The SMILES string of the molecule is Cc1cnc(N[C@H](C)c2ncc(F)cn2)nc1Nc1cn(C)cn1. The largest absolute Gasteiger partial charge is 0.344 e. The van der Waals surface area contributed by atoms with Gasteiger partial charge in [0.2, 0.25) is 5.95 Å². The van der Waals surface area contributed by atoms with Gasteiger partial charge in [-0.15, -0.1) is 0 Å². The molecule has 24 heavy (non-hydrogen) atoms. The molecule has 0 aliphatic rings. The Hall–Kier alpha value is -3.10. The lowest BCUT2D eigenvalue weighted by Crippen LogP contribution is -2.13. The fourth-order valence-corrected chi connectivity index (χ4v) is 2.04. The Morgan fingerprint density at radius 2 is 1.88 bits per heavy atom. The van der Waals surface area contributed by atoms with Crippen LogP contribution in [0, 0.1) is 12.7 Å². The second-order valence-electron chi connectivity index (χ2n) is 5.40. The fraction of sp³-hybridized carbons (Fsp3) is 0.267. The molecule has 0 spiro atoms. The van der Waals surface area contributed by atoms with Crippen LogP contribution in [0.25, 0.3) is 0 Å². The maximum Gasteiger partial charge on any atom is 0.225 e. The van der Waals surface area contributed by atoms with Crippen LogP contribution < -0.4 is 10.6 Å². The molecule has 1 atom stereocenters. The van der Waals surface area contributed by atoms with Crippen LogP contribution in [0.2, 0.25) is 0 Å². The first-order valence-corrected chi connectivity index (χ1v) is 7.34. The Balaban J connectivity index is 1.76. The summed E-state index contributed by atoms with van der Waals surface area (Å²) in [5, 5.41) is 6.25. The fourth-order valence-electron chi connectivity index (χ4n) is 2.04. The Kier molecular flexibility index (Phi) is 4.32. The van der Waals surface area contributed by atoms with Gasteiger partial charge in [-0.25, -0.2) is 24.3 Å². The molecule has 3 aromatic rings. The number of aromatic nitrogens is 6. The van der Waals surface area contributed by atoms with Crippen LogP contribution in [0.3, 0.4) is 0 Å². The standard InChI is InChI=1S/C15H17FN8/c1-9-4-19-15(21-10(2)14-17-5-11(16)6-18-14)23-13(9)22-12-7-24(3)8-20-12/h4-8,10H,1-3H3,(H2,19,21,22,23)/t10-/m1/s1. The first-order valence-electron chi connectivity index (χ1n) is 7.34. The van der Waals surface area contributed by atoms with Gasteiger partial charge in [0.25, 0.3) is 0 Å². The monoisotopic (exact) mass is 328 g/mol. The number of hydrogen-bond acceptors (Lipinski definition) is 7. The normalized spacial score (nSPS) is 12.0. The average Bonchev–Trinajstić information content (AvgIpc) is 2.96. The first-order chi connectivity index (χ1) is 11.5. The molecule has 3 heterocycles. The molecular weight excluding hydrogens is 311 g/mol. The number of halogens is 1. The van der Waals surface area contributed by atoms with Gasteiger partial charge in [0, 0.05) is 25.0 Å². The molecule has 3 aromatic heterocycles. The highest BCUT2D eigenvalue weighted by Gasteiger charge is 2.12. The van der Waals surface area contributed by atoms with Gasteiger partial charge in [-0.1, -0.05) is 0 Å². The van der Waals surface area contributed by atoms with E-state index >= 15 is 0 Å². The van der Waals surface area contributed by atoms with Gasteiger partial charge in [0.15, 0.2) is 5.82 Å². The van der Waals surface area contributed by atoms with Crippen molar-refractivity contribution in [2.24, 2.45) is 7.05 Å². The number of imidazole rings is 1. The minimum Gasteiger partial charge on any atom is -0.344 e. The molecule has 0 aliphatic heterocycles. The topological polar surface area (TPSA) is 93.4 Å². The molecule has 0 saturated carbocycles. The van der Waals surface area contributed by atoms with Gasteiger partial charge in [0.1, 0.15) is 17.5 Å². The molecule has 8 nitrogen and oxygen atoms in total. The van der Waals surface area contributed by atoms with E-state index in [0.29, 0.717) is 23.4 Å².